The van der Waals surface area contributed by atoms with Crippen LogP contribution in [0.15, 0.2) is 24.3 Å². The largest absolute Gasteiger partial charge is 0.356 e. The van der Waals surface area contributed by atoms with Gasteiger partial charge in [0.25, 0.3) is 0 Å². The molecule has 0 unspecified atom stereocenters. The first-order chi connectivity index (χ1) is 11.0. The van der Waals surface area contributed by atoms with Gasteiger partial charge in [-0.2, -0.15) is 0 Å². The summed E-state index contributed by atoms with van der Waals surface area (Å²) in [4.78, 5) is 11.9. The molecule has 1 amide bonds. The van der Waals surface area contributed by atoms with Crippen LogP contribution in [0.2, 0.25) is 0 Å². The molecule has 0 spiro atoms. The molecular formula is C18H26FNO3. The molecule has 23 heavy (non-hydrogen) atoms. The SMILES string of the molecule is CC[C@](C)(CCCNC(=O)Cc1ccccc1F)C1OCCO1. The molecule has 1 N–H and O–H groups in total. The van der Waals surface area contributed by atoms with Crippen molar-refractivity contribution >= 4 is 5.91 Å². The van der Waals surface area contributed by atoms with E-state index in [1.165, 1.54) is 6.07 Å². The number of amides is 1. The second kappa shape index (κ2) is 8.41. The standard InChI is InChI=1S/C18H26FNO3/c1-3-18(2,17-22-11-12-23-17)9-6-10-20-16(21)13-14-7-4-5-8-15(14)19/h4-5,7-8,17H,3,6,9-13H2,1-2H3,(H,20,21)/t18-/m1/s1. The summed E-state index contributed by atoms with van der Waals surface area (Å²) < 4.78 is 24.8. The van der Waals surface area contributed by atoms with Crippen LogP contribution < -0.4 is 5.32 Å². The minimum absolute atomic E-state index is 0.0350. The normalized spacial score (nSPS) is 17.9. The third-order valence-electron chi connectivity index (χ3n) is 4.55. The smallest absolute Gasteiger partial charge is 0.224 e. The minimum atomic E-state index is -0.336. The van der Waals surface area contributed by atoms with Gasteiger partial charge in [0.1, 0.15) is 5.82 Å². The average Bonchev–Trinajstić information content (AvgIpc) is 3.09. The number of hydrogen-bond donors (Lipinski definition) is 1. The molecule has 1 aliphatic rings. The number of carbonyl (C=O) groups is 1. The molecule has 1 fully saturated rings. The van der Waals surface area contributed by atoms with E-state index in [-0.39, 0.29) is 29.9 Å². The Morgan fingerprint density at radius 2 is 2.04 bits per heavy atom. The number of hydrogen-bond acceptors (Lipinski definition) is 3. The summed E-state index contributed by atoms with van der Waals surface area (Å²) in [5, 5.41) is 2.86. The molecule has 0 radical (unpaired) electrons. The molecule has 1 saturated heterocycles. The predicted octanol–water partition coefficient (Wildman–Crippen LogP) is 3.05. The predicted molar refractivity (Wildman–Crippen MR) is 86.4 cm³/mol. The molecule has 2 rings (SSSR count). The summed E-state index contributed by atoms with van der Waals surface area (Å²) in [5.41, 5.74) is 0.392. The zero-order valence-corrected chi connectivity index (χ0v) is 13.9. The fourth-order valence-corrected chi connectivity index (χ4v) is 2.82. The van der Waals surface area contributed by atoms with Crippen LogP contribution in [0.1, 0.15) is 38.7 Å². The van der Waals surface area contributed by atoms with E-state index < -0.39 is 0 Å². The average molecular weight is 323 g/mol. The van der Waals surface area contributed by atoms with Crippen LogP contribution in [0, 0.1) is 11.2 Å². The maximum atomic E-state index is 13.5. The molecule has 0 bridgehead atoms. The first kappa shape index (κ1) is 17.9. The van der Waals surface area contributed by atoms with Crippen LogP contribution in [0.25, 0.3) is 0 Å². The Kier molecular flexibility index (Phi) is 6.54. The first-order valence-corrected chi connectivity index (χ1v) is 8.28. The lowest BCUT2D eigenvalue weighted by Crippen LogP contribution is -2.34. The Bertz CT molecular complexity index is 517. The van der Waals surface area contributed by atoms with Gasteiger partial charge in [-0.05, 0) is 30.9 Å². The molecule has 1 aromatic carbocycles. The quantitative estimate of drug-likeness (QED) is 0.748. The number of benzene rings is 1. The van der Waals surface area contributed by atoms with Crippen LogP contribution >= 0.6 is 0 Å². The highest BCUT2D eigenvalue weighted by Gasteiger charge is 2.36. The van der Waals surface area contributed by atoms with Crippen molar-refractivity contribution in [2.45, 2.75) is 45.8 Å². The Labute approximate surface area is 137 Å². The lowest BCUT2D eigenvalue weighted by atomic mass is 9.82. The number of carbonyl (C=O) groups excluding carboxylic acids is 1. The molecule has 5 heteroatoms. The van der Waals surface area contributed by atoms with Gasteiger partial charge >= 0.3 is 0 Å². The summed E-state index contributed by atoms with van der Waals surface area (Å²) in [5.74, 6) is -0.488. The van der Waals surface area contributed by atoms with Crippen LogP contribution in [0.4, 0.5) is 4.39 Å². The van der Waals surface area contributed by atoms with E-state index in [2.05, 4.69) is 19.2 Å². The van der Waals surface area contributed by atoms with Gasteiger partial charge in [0.05, 0.1) is 19.6 Å². The van der Waals surface area contributed by atoms with Gasteiger partial charge < -0.3 is 14.8 Å². The first-order valence-electron chi connectivity index (χ1n) is 8.28. The molecule has 1 aromatic rings. The van der Waals surface area contributed by atoms with Crippen molar-refractivity contribution in [1.82, 2.24) is 5.32 Å². The lowest BCUT2D eigenvalue weighted by molar-refractivity contribution is -0.131. The van der Waals surface area contributed by atoms with Gasteiger partial charge in [0.2, 0.25) is 5.91 Å². The summed E-state index contributed by atoms with van der Waals surface area (Å²) in [6.07, 6.45) is 2.64. The Balaban J connectivity index is 1.72. The molecule has 1 atom stereocenters. The number of nitrogens with one attached hydrogen (secondary N) is 1. The molecule has 0 saturated carbocycles. The zero-order valence-electron chi connectivity index (χ0n) is 13.9. The third kappa shape index (κ3) is 5.01. The van der Waals surface area contributed by atoms with E-state index in [1.54, 1.807) is 18.2 Å². The number of rotatable bonds is 8. The minimum Gasteiger partial charge on any atom is -0.356 e. The molecule has 0 aromatic heterocycles. The molecule has 1 heterocycles. The maximum absolute atomic E-state index is 13.5. The third-order valence-corrected chi connectivity index (χ3v) is 4.55. The van der Waals surface area contributed by atoms with Crippen LogP contribution in [-0.2, 0) is 20.7 Å². The topological polar surface area (TPSA) is 47.6 Å². The van der Waals surface area contributed by atoms with E-state index in [1.807, 2.05) is 0 Å². The van der Waals surface area contributed by atoms with Gasteiger partial charge in [0, 0.05) is 12.0 Å². The van der Waals surface area contributed by atoms with Crippen molar-refractivity contribution in [2.75, 3.05) is 19.8 Å². The van der Waals surface area contributed by atoms with Crippen molar-refractivity contribution in [3.8, 4) is 0 Å². The van der Waals surface area contributed by atoms with Crippen molar-refractivity contribution in [1.29, 1.82) is 0 Å². The van der Waals surface area contributed by atoms with Gasteiger partial charge in [-0.1, -0.05) is 32.0 Å². The Morgan fingerprint density at radius 3 is 2.70 bits per heavy atom. The Morgan fingerprint density at radius 1 is 1.35 bits per heavy atom. The highest BCUT2D eigenvalue weighted by atomic mass is 19.1. The second-order valence-electron chi connectivity index (χ2n) is 6.30. The fourth-order valence-electron chi connectivity index (χ4n) is 2.82. The summed E-state index contributed by atoms with van der Waals surface area (Å²) in [7, 11) is 0. The maximum Gasteiger partial charge on any atom is 0.224 e. The second-order valence-corrected chi connectivity index (χ2v) is 6.30. The highest BCUT2D eigenvalue weighted by molar-refractivity contribution is 5.78. The van der Waals surface area contributed by atoms with E-state index in [0.717, 1.165) is 19.3 Å². The molecule has 0 aliphatic carbocycles. The molecule has 128 valence electrons. The van der Waals surface area contributed by atoms with Crippen molar-refractivity contribution in [3.63, 3.8) is 0 Å². The molecular weight excluding hydrogens is 297 g/mol. The number of halogens is 1. The van der Waals surface area contributed by atoms with Gasteiger partial charge in [-0.15, -0.1) is 0 Å². The van der Waals surface area contributed by atoms with E-state index in [4.69, 9.17) is 9.47 Å². The summed E-state index contributed by atoms with van der Waals surface area (Å²) in [6.45, 7) is 6.17. The van der Waals surface area contributed by atoms with Gasteiger partial charge in [-0.3, -0.25) is 4.79 Å². The summed E-state index contributed by atoms with van der Waals surface area (Å²) >= 11 is 0. The Hall–Kier alpha value is -1.46. The van der Waals surface area contributed by atoms with E-state index in [9.17, 15) is 9.18 Å². The van der Waals surface area contributed by atoms with Crippen molar-refractivity contribution < 1.29 is 18.7 Å². The van der Waals surface area contributed by atoms with Gasteiger partial charge in [-0.25, -0.2) is 4.39 Å². The summed E-state index contributed by atoms with van der Waals surface area (Å²) in [6, 6.07) is 6.37. The van der Waals surface area contributed by atoms with Gasteiger partial charge in [0.15, 0.2) is 6.29 Å². The van der Waals surface area contributed by atoms with Crippen LogP contribution in [-0.4, -0.2) is 32.0 Å². The number of ether oxygens (including phenoxy) is 2. The van der Waals surface area contributed by atoms with Crippen molar-refractivity contribution in [3.05, 3.63) is 35.6 Å². The van der Waals surface area contributed by atoms with Crippen LogP contribution in [0.3, 0.4) is 0 Å². The fraction of sp³-hybridized carbons (Fsp3) is 0.611. The zero-order chi connectivity index (χ0) is 16.7. The van der Waals surface area contributed by atoms with Crippen molar-refractivity contribution in [2.24, 2.45) is 5.41 Å². The van der Waals surface area contributed by atoms with E-state index in [0.29, 0.717) is 25.3 Å². The molecule has 4 nitrogen and oxygen atoms in total. The van der Waals surface area contributed by atoms with E-state index >= 15 is 0 Å². The lowest BCUT2D eigenvalue weighted by Gasteiger charge is -2.33. The van der Waals surface area contributed by atoms with Crippen LogP contribution in [0.5, 0.6) is 0 Å². The highest BCUT2D eigenvalue weighted by Crippen LogP contribution is 2.35. The monoisotopic (exact) mass is 323 g/mol. The molecule has 1 aliphatic heterocycles.